The molecule has 3 N–H and O–H groups in total. The molecule has 0 bridgehead atoms. The molecule has 0 saturated heterocycles. The third-order valence-corrected chi connectivity index (χ3v) is 4.54. The molecule has 2 heterocycles. The minimum Gasteiger partial charge on any atom is -0.497 e. The van der Waals surface area contributed by atoms with Crippen molar-refractivity contribution in [1.29, 1.82) is 0 Å². The molecule has 3 aromatic rings. The number of hydrogen-bond acceptors (Lipinski definition) is 6. The average molecular weight is 356 g/mol. The number of hydrogen-bond donors (Lipinski definition) is 2. The molecule has 0 spiro atoms. The number of nitrogens with one attached hydrogen (secondary N) is 1. The molecule has 0 aliphatic rings. The van der Waals surface area contributed by atoms with Gasteiger partial charge in [-0.1, -0.05) is 6.58 Å². The molecular weight excluding hydrogens is 340 g/mol. The third kappa shape index (κ3) is 3.58. The smallest absolute Gasteiger partial charge is 0.336 e. The summed E-state index contributed by atoms with van der Waals surface area (Å²) in [5.41, 5.74) is 6.95. The molecule has 3 rings (SSSR count). The van der Waals surface area contributed by atoms with Gasteiger partial charge in [0.05, 0.1) is 25.5 Å². The molecule has 1 aromatic carbocycles. The summed E-state index contributed by atoms with van der Waals surface area (Å²) in [7, 11) is 1.56. The summed E-state index contributed by atoms with van der Waals surface area (Å²) in [6.45, 7) is 4.04. The molecular formula is C17H16N4O3S. The van der Waals surface area contributed by atoms with Crippen molar-refractivity contribution in [2.45, 2.75) is 5.75 Å². The fraction of sp³-hybridized carbons (Fsp3) is 0.118. The maximum absolute atomic E-state index is 11.8. The Morgan fingerprint density at radius 2 is 2.36 bits per heavy atom. The van der Waals surface area contributed by atoms with E-state index in [0.717, 1.165) is 15.9 Å². The van der Waals surface area contributed by atoms with Crippen LogP contribution in [0.2, 0.25) is 0 Å². The molecule has 7 nitrogen and oxygen atoms in total. The molecule has 0 atom stereocenters. The highest BCUT2D eigenvalue weighted by Gasteiger charge is 2.12. The molecule has 2 aromatic heterocycles. The Bertz CT molecular complexity index is 1010. The van der Waals surface area contributed by atoms with Gasteiger partial charge in [0.25, 0.3) is 0 Å². The maximum atomic E-state index is 11.8. The number of nitrogens with zero attached hydrogens (tertiary/aromatic N) is 2. The summed E-state index contributed by atoms with van der Waals surface area (Å²) in [6, 6.07) is 6.88. The van der Waals surface area contributed by atoms with Crippen molar-refractivity contribution in [3.05, 3.63) is 58.8 Å². The number of ether oxygens (including phenoxy) is 1. The minimum absolute atomic E-state index is 0.406. The van der Waals surface area contributed by atoms with E-state index in [1.165, 1.54) is 30.5 Å². The highest BCUT2D eigenvalue weighted by Crippen LogP contribution is 2.34. The molecule has 0 aliphatic carbocycles. The Labute approximate surface area is 147 Å². The summed E-state index contributed by atoms with van der Waals surface area (Å²) < 4.78 is 10.4. The Balaban J connectivity index is 1.87. The number of nitrogens with two attached hydrogens (primary N) is 1. The predicted molar refractivity (Wildman–Crippen MR) is 100 cm³/mol. The first-order chi connectivity index (χ1) is 12.1. The second-order valence-electron chi connectivity index (χ2n) is 5.04. The number of H-pyrrole nitrogens is 1. The van der Waals surface area contributed by atoms with Crippen LogP contribution in [0.3, 0.4) is 0 Å². The van der Waals surface area contributed by atoms with Crippen LogP contribution in [0.5, 0.6) is 5.75 Å². The van der Waals surface area contributed by atoms with Crippen LogP contribution in [-0.2, 0) is 5.75 Å². The number of benzene rings is 1. The summed E-state index contributed by atoms with van der Waals surface area (Å²) in [4.78, 5) is 23.6. The summed E-state index contributed by atoms with van der Waals surface area (Å²) in [5.74, 6) is 1.65. The zero-order valence-electron chi connectivity index (χ0n) is 13.5. The van der Waals surface area contributed by atoms with Crippen LogP contribution in [0.15, 0.2) is 51.4 Å². The van der Waals surface area contributed by atoms with Gasteiger partial charge in [-0.15, -0.1) is 11.8 Å². The number of fused-ring (bicyclic) bond motifs is 1. The second-order valence-corrected chi connectivity index (χ2v) is 6.11. The van der Waals surface area contributed by atoms with E-state index >= 15 is 0 Å². The SMILES string of the molecule is C=C(SCc1cc(=O)oc2cc(OC)ccc12)c1[nH]cnc1N=CN. The maximum Gasteiger partial charge on any atom is 0.336 e. The van der Waals surface area contributed by atoms with E-state index in [9.17, 15) is 4.79 Å². The van der Waals surface area contributed by atoms with Gasteiger partial charge in [0, 0.05) is 28.2 Å². The van der Waals surface area contributed by atoms with E-state index in [1.807, 2.05) is 12.1 Å². The highest BCUT2D eigenvalue weighted by molar-refractivity contribution is 8.07. The lowest BCUT2D eigenvalue weighted by atomic mass is 10.1. The molecule has 0 aliphatic heterocycles. The van der Waals surface area contributed by atoms with Crippen molar-refractivity contribution in [1.82, 2.24) is 9.97 Å². The summed E-state index contributed by atoms with van der Waals surface area (Å²) in [5, 5.41) is 0.852. The Morgan fingerprint density at radius 1 is 1.52 bits per heavy atom. The molecule has 25 heavy (non-hydrogen) atoms. The van der Waals surface area contributed by atoms with Gasteiger partial charge in [-0.2, -0.15) is 0 Å². The van der Waals surface area contributed by atoms with Gasteiger partial charge in [0.1, 0.15) is 11.3 Å². The normalized spacial score (nSPS) is 11.2. The molecule has 0 radical (unpaired) electrons. The zero-order chi connectivity index (χ0) is 17.8. The predicted octanol–water partition coefficient (Wildman–Crippen LogP) is 3.05. The van der Waals surface area contributed by atoms with Crippen molar-refractivity contribution in [2.75, 3.05) is 7.11 Å². The van der Waals surface area contributed by atoms with Crippen molar-refractivity contribution in [3.63, 3.8) is 0 Å². The van der Waals surface area contributed by atoms with Crippen LogP contribution in [-0.4, -0.2) is 23.4 Å². The Morgan fingerprint density at radius 3 is 3.12 bits per heavy atom. The topological polar surface area (TPSA) is 106 Å². The van der Waals surface area contributed by atoms with E-state index in [-0.39, 0.29) is 0 Å². The van der Waals surface area contributed by atoms with Crippen molar-refractivity contribution >= 4 is 39.8 Å². The quantitative estimate of drug-likeness (QED) is 0.399. The molecule has 128 valence electrons. The number of thioether (sulfide) groups is 1. The molecule has 0 fully saturated rings. The van der Waals surface area contributed by atoms with Crippen molar-refractivity contribution in [3.8, 4) is 5.75 Å². The first kappa shape index (κ1) is 16.8. The van der Waals surface area contributed by atoms with Crippen LogP contribution < -0.4 is 16.1 Å². The summed E-state index contributed by atoms with van der Waals surface area (Å²) in [6.07, 6.45) is 2.71. The van der Waals surface area contributed by atoms with Gasteiger partial charge >= 0.3 is 5.63 Å². The van der Waals surface area contributed by atoms with Crippen LogP contribution in [0, 0.1) is 0 Å². The van der Waals surface area contributed by atoms with Crippen LogP contribution in [0.1, 0.15) is 11.3 Å². The van der Waals surface area contributed by atoms with Gasteiger partial charge in [0.2, 0.25) is 0 Å². The molecule has 8 heteroatoms. The number of aromatic amines is 1. The lowest BCUT2D eigenvalue weighted by Gasteiger charge is -2.08. The highest BCUT2D eigenvalue weighted by atomic mass is 32.2. The molecule has 0 saturated carbocycles. The standard InChI is InChI=1S/C17H16N4O3S/c1-10(16-17(19-8-18)21-9-20-16)25-7-11-5-15(22)24-14-6-12(23-2)3-4-13(11)14/h3-6,8-9H,1,7H2,2H3,(H2,18,19)(H,20,21). The van der Waals surface area contributed by atoms with Crippen LogP contribution in [0.4, 0.5) is 5.82 Å². The fourth-order valence-corrected chi connectivity index (χ4v) is 3.22. The Kier molecular flexibility index (Phi) is 4.90. The van der Waals surface area contributed by atoms with E-state index in [1.54, 1.807) is 13.2 Å². The van der Waals surface area contributed by atoms with Crippen LogP contribution in [0.25, 0.3) is 15.9 Å². The minimum atomic E-state index is -0.406. The fourth-order valence-electron chi connectivity index (χ4n) is 2.35. The number of imidazole rings is 1. The van der Waals surface area contributed by atoms with Gasteiger partial charge in [-0.3, -0.25) is 0 Å². The molecule has 0 unspecified atom stereocenters. The average Bonchev–Trinajstić information content (AvgIpc) is 3.07. The third-order valence-electron chi connectivity index (χ3n) is 3.53. The van der Waals surface area contributed by atoms with Crippen molar-refractivity contribution < 1.29 is 9.15 Å². The second kappa shape index (κ2) is 7.27. The number of aliphatic imine (C=N–C) groups is 1. The monoisotopic (exact) mass is 356 g/mol. The summed E-state index contributed by atoms with van der Waals surface area (Å²) >= 11 is 1.47. The first-order valence-electron chi connectivity index (χ1n) is 7.33. The first-order valence-corrected chi connectivity index (χ1v) is 8.31. The van der Waals surface area contributed by atoms with E-state index in [4.69, 9.17) is 14.9 Å². The van der Waals surface area contributed by atoms with E-state index < -0.39 is 5.63 Å². The van der Waals surface area contributed by atoms with Crippen LogP contribution >= 0.6 is 11.8 Å². The van der Waals surface area contributed by atoms with Gasteiger partial charge in [-0.05, 0) is 17.7 Å². The van der Waals surface area contributed by atoms with Crippen molar-refractivity contribution in [2.24, 2.45) is 10.7 Å². The lowest BCUT2D eigenvalue weighted by Crippen LogP contribution is -2.00. The van der Waals surface area contributed by atoms with Gasteiger partial charge in [0.15, 0.2) is 5.82 Å². The van der Waals surface area contributed by atoms with E-state index in [2.05, 4.69) is 21.5 Å². The number of rotatable bonds is 6. The largest absolute Gasteiger partial charge is 0.497 e. The van der Waals surface area contributed by atoms with Gasteiger partial charge in [-0.25, -0.2) is 14.8 Å². The number of aromatic nitrogens is 2. The van der Waals surface area contributed by atoms with E-state index in [0.29, 0.717) is 28.6 Å². The zero-order valence-corrected chi connectivity index (χ0v) is 14.3. The number of methoxy groups -OCH3 is 1. The Hall–Kier alpha value is -3.00. The molecule has 0 amide bonds. The van der Waals surface area contributed by atoms with Gasteiger partial charge < -0.3 is 19.9 Å². The lowest BCUT2D eigenvalue weighted by molar-refractivity contribution is 0.414.